The summed E-state index contributed by atoms with van der Waals surface area (Å²) in [4.78, 5) is 12.7. The summed E-state index contributed by atoms with van der Waals surface area (Å²) in [6, 6.07) is 18.0. The average Bonchev–Trinajstić information content (AvgIpc) is 2.70. The standard InChI is InChI=1S/C23H28N2O2.HI/c1-2-15-25-16-12-23(13-17-25,14-18-25)27-22(26)24-21-11-7-6-10-20(21)19-8-4-3-5-9-19;/h3-11H,2,12-18H2,1H3;1H. The fraction of sp³-hybridized carbons (Fsp3) is 0.435. The molecule has 0 saturated carbocycles. The Morgan fingerprint density at radius 1 is 1.00 bits per heavy atom. The molecule has 5 rings (SSSR count). The van der Waals surface area contributed by atoms with E-state index in [2.05, 4.69) is 24.4 Å². The number of amides is 1. The minimum atomic E-state index is -0.323. The number of piperidine rings is 3. The molecule has 2 aromatic carbocycles. The van der Waals surface area contributed by atoms with E-state index in [0.29, 0.717) is 0 Å². The summed E-state index contributed by atoms with van der Waals surface area (Å²) in [5, 5.41) is 3.00. The number of carbonyl (C=O) groups excluding carboxylic acids is 1. The maximum atomic E-state index is 12.7. The van der Waals surface area contributed by atoms with E-state index < -0.39 is 0 Å². The molecule has 1 N–H and O–H groups in total. The molecule has 3 heterocycles. The zero-order valence-corrected chi connectivity index (χ0v) is 18.7. The SMILES string of the molecule is CCC[N+]12CCC(OC(=O)Nc3ccccc3-c3ccccc3)(CC1)CC2.[I-]. The highest BCUT2D eigenvalue weighted by molar-refractivity contribution is 5.91. The number of halogens is 1. The molecule has 0 radical (unpaired) electrons. The quantitative estimate of drug-likeness (QED) is 0.513. The first-order chi connectivity index (χ1) is 13.1. The van der Waals surface area contributed by atoms with Crippen molar-refractivity contribution in [2.24, 2.45) is 0 Å². The van der Waals surface area contributed by atoms with Gasteiger partial charge in [0.05, 0.1) is 31.9 Å². The summed E-state index contributed by atoms with van der Waals surface area (Å²) < 4.78 is 7.25. The second kappa shape index (κ2) is 8.82. The van der Waals surface area contributed by atoms with Crippen LogP contribution in [0.25, 0.3) is 11.1 Å². The predicted octanol–water partition coefficient (Wildman–Crippen LogP) is 2.07. The smallest absolute Gasteiger partial charge is 0.412 e. The second-order valence-corrected chi connectivity index (χ2v) is 8.10. The monoisotopic (exact) mass is 492 g/mol. The molecule has 3 aliphatic rings. The van der Waals surface area contributed by atoms with E-state index in [-0.39, 0.29) is 35.7 Å². The van der Waals surface area contributed by atoms with Crippen molar-refractivity contribution in [2.45, 2.75) is 38.2 Å². The number of nitrogens with one attached hydrogen (secondary N) is 1. The Hall–Kier alpha value is -1.60. The molecular formula is C23H29IN2O2. The van der Waals surface area contributed by atoms with E-state index in [1.54, 1.807) is 0 Å². The van der Waals surface area contributed by atoms with Crippen LogP contribution in [0.2, 0.25) is 0 Å². The highest BCUT2D eigenvalue weighted by Crippen LogP contribution is 2.40. The van der Waals surface area contributed by atoms with Gasteiger partial charge < -0.3 is 33.2 Å². The lowest BCUT2D eigenvalue weighted by Crippen LogP contribution is -3.00. The molecule has 4 nitrogen and oxygen atoms in total. The van der Waals surface area contributed by atoms with Crippen LogP contribution in [0.4, 0.5) is 10.5 Å². The zero-order chi connectivity index (χ0) is 18.7. The number of ether oxygens (including phenoxy) is 1. The largest absolute Gasteiger partial charge is 1.00 e. The summed E-state index contributed by atoms with van der Waals surface area (Å²) in [5.74, 6) is 0. The summed E-state index contributed by atoms with van der Waals surface area (Å²) in [6.07, 6.45) is 3.86. The molecule has 0 unspecified atom stereocenters. The van der Waals surface area contributed by atoms with Crippen LogP contribution in [0.5, 0.6) is 0 Å². The molecule has 0 atom stereocenters. The molecule has 3 saturated heterocycles. The Labute approximate surface area is 184 Å². The minimum Gasteiger partial charge on any atom is -1.00 e. The Morgan fingerprint density at radius 2 is 1.61 bits per heavy atom. The maximum Gasteiger partial charge on any atom is 0.412 e. The van der Waals surface area contributed by atoms with Crippen molar-refractivity contribution in [3.63, 3.8) is 0 Å². The Kier molecular flexibility index (Phi) is 6.65. The summed E-state index contributed by atoms with van der Waals surface area (Å²) in [6.45, 7) is 6.94. The fourth-order valence-corrected chi connectivity index (χ4v) is 4.79. The van der Waals surface area contributed by atoms with Crippen molar-refractivity contribution in [3.05, 3.63) is 54.6 Å². The van der Waals surface area contributed by atoms with Gasteiger partial charge in [-0.2, -0.15) is 0 Å². The molecule has 0 spiro atoms. The third kappa shape index (κ3) is 4.35. The van der Waals surface area contributed by atoms with Crippen LogP contribution in [0, 0.1) is 0 Å². The van der Waals surface area contributed by atoms with E-state index in [9.17, 15) is 4.79 Å². The van der Waals surface area contributed by atoms with Gasteiger partial charge in [0, 0.05) is 24.8 Å². The predicted molar refractivity (Wildman–Crippen MR) is 109 cm³/mol. The molecule has 0 aromatic heterocycles. The lowest BCUT2D eigenvalue weighted by Gasteiger charge is -2.53. The van der Waals surface area contributed by atoms with Gasteiger partial charge in [-0.3, -0.25) is 5.32 Å². The van der Waals surface area contributed by atoms with Gasteiger partial charge in [0.15, 0.2) is 0 Å². The highest BCUT2D eigenvalue weighted by atomic mass is 127. The number of anilines is 1. The third-order valence-electron chi connectivity index (χ3n) is 6.38. The van der Waals surface area contributed by atoms with Gasteiger partial charge >= 0.3 is 6.09 Å². The van der Waals surface area contributed by atoms with Crippen LogP contribution in [0.3, 0.4) is 0 Å². The minimum absolute atomic E-state index is 0. The van der Waals surface area contributed by atoms with Gasteiger partial charge in [-0.15, -0.1) is 0 Å². The van der Waals surface area contributed by atoms with Crippen LogP contribution in [-0.2, 0) is 4.74 Å². The summed E-state index contributed by atoms with van der Waals surface area (Å²) in [5.41, 5.74) is 2.63. The highest BCUT2D eigenvalue weighted by Gasteiger charge is 2.51. The van der Waals surface area contributed by atoms with Gasteiger partial charge in [-0.25, -0.2) is 4.79 Å². The molecule has 5 heteroatoms. The molecule has 1 amide bonds. The molecule has 2 aromatic rings. The molecule has 3 aliphatic heterocycles. The number of nitrogens with zero attached hydrogens (tertiary/aromatic N) is 1. The number of rotatable bonds is 5. The van der Waals surface area contributed by atoms with Crippen LogP contribution < -0.4 is 29.3 Å². The first kappa shape index (κ1) is 21.1. The molecular weight excluding hydrogens is 463 g/mol. The van der Waals surface area contributed by atoms with Crippen molar-refractivity contribution in [2.75, 3.05) is 31.5 Å². The van der Waals surface area contributed by atoms with Crippen molar-refractivity contribution in [1.29, 1.82) is 0 Å². The van der Waals surface area contributed by atoms with Crippen LogP contribution in [0.1, 0.15) is 32.6 Å². The number of carbonyl (C=O) groups is 1. The maximum absolute atomic E-state index is 12.7. The normalized spacial score (nSPS) is 25.6. The number of hydrogen-bond donors (Lipinski definition) is 1. The first-order valence-corrected chi connectivity index (χ1v) is 10.1. The van der Waals surface area contributed by atoms with Crippen LogP contribution in [0.15, 0.2) is 54.6 Å². The molecule has 150 valence electrons. The molecule has 2 bridgehead atoms. The van der Waals surface area contributed by atoms with Crippen molar-refractivity contribution in [1.82, 2.24) is 0 Å². The van der Waals surface area contributed by atoms with E-state index in [1.165, 1.54) is 17.4 Å². The fourth-order valence-electron chi connectivity index (χ4n) is 4.79. The first-order valence-electron chi connectivity index (χ1n) is 10.1. The summed E-state index contributed by atoms with van der Waals surface area (Å²) >= 11 is 0. The van der Waals surface area contributed by atoms with E-state index in [4.69, 9.17) is 4.74 Å². The molecule has 0 aliphatic carbocycles. The van der Waals surface area contributed by atoms with Gasteiger partial charge in [-0.1, -0.05) is 55.5 Å². The number of benzene rings is 2. The van der Waals surface area contributed by atoms with Crippen molar-refractivity contribution in [3.8, 4) is 11.1 Å². The van der Waals surface area contributed by atoms with Gasteiger partial charge in [-0.05, 0) is 18.1 Å². The number of para-hydroxylation sites is 1. The second-order valence-electron chi connectivity index (χ2n) is 8.10. The topological polar surface area (TPSA) is 38.3 Å². The van der Waals surface area contributed by atoms with E-state index in [0.717, 1.165) is 55.7 Å². The van der Waals surface area contributed by atoms with Crippen LogP contribution >= 0.6 is 0 Å². The van der Waals surface area contributed by atoms with Gasteiger partial charge in [0.25, 0.3) is 0 Å². The Morgan fingerprint density at radius 3 is 2.25 bits per heavy atom. The van der Waals surface area contributed by atoms with Crippen molar-refractivity contribution < 1.29 is 38.0 Å². The lowest BCUT2D eigenvalue weighted by atomic mass is 9.81. The van der Waals surface area contributed by atoms with E-state index >= 15 is 0 Å². The molecule has 28 heavy (non-hydrogen) atoms. The Balaban J connectivity index is 0.00000225. The Bertz CT molecular complexity index is 785. The van der Waals surface area contributed by atoms with E-state index in [1.807, 2.05) is 42.5 Å². The number of quaternary nitrogens is 1. The number of fused-ring (bicyclic) bond motifs is 3. The average molecular weight is 492 g/mol. The van der Waals surface area contributed by atoms with Gasteiger partial charge in [0.2, 0.25) is 0 Å². The zero-order valence-electron chi connectivity index (χ0n) is 16.5. The van der Waals surface area contributed by atoms with Crippen molar-refractivity contribution >= 4 is 11.8 Å². The third-order valence-corrected chi connectivity index (χ3v) is 6.38. The number of hydrogen-bond acceptors (Lipinski definition) is 2. The van der Waals surface area contributed by atoms with Crippen LogP contribution in [-0.4, -0.2) is 42.4 Å². The summed E-state index contributed by atoms with van der Waals surface area (Å²) in [7, 11) is 0. The van der Waals surface area contributed by atoms with Gasteiger partial charge in [0.1, 0.15) is 5.60 Å². The lowest BCUT2D eigenvalue weighted by molar-refractivity contribution is -0.944. The molecule has 3 fully saturated rings.